The van der Waals surface area contributed by atoms with Gasteiger partial charge in [-0.1, -0.05) is 121 Å². The van der Waals surface area contributed by atoms with E-state index in [4.69, 9.17) is 9.39 Å². The molecule has 10 rings (SSSR count). The van der Waals surface area contributed by atoms with Crippen LogP contribution in [-0.4, -0.2) is 6.92 Å². The fourth-order valence-electron chi connectivity index (χ4n) is 7.52. The van der Waals surface area contributed by atoms with Gasteiger partial charge in [0, 0.05) is 16.5 Å². The molecule has 1 aliphatic carbocycles. The van der Waals surface area contributed by atoms with Gasteiger partial charge >= 0.3 is 6.92 Å². The minimum absolute atomic E-state index is 0.205. The summed E-state index contributed by atoms with van der Waals surface area (Å²) >= 11 is 0. The Hall–Kier alpha value is -5.80. The molecule has 0 unspecified atom stereocenters. The Labute approximate surface area is 262 Å². The molecule has 0 atom stereocenters. The summed E-state index contributed by atoms with van der Waals surface area (Å²) in [6, 6.07) is 54.4. The molecule has 3 aliphatic rings. The summed E-state index contributed by atoms with van der Waals surface area (Å²) < 4.78 is 13.2. The van der Waals surface area contributed by atoms with Crippen LogP contribution in [0.5, 0.6) is 17.2 Å². The standard InChI is InChI=1S/C42H25BO2/c1-2-12-29-28(11-1)30-13-3-4-15-32(30)34-22-21-26(23-36(34)33-16-6-5-14-31(29)33)27-24-37-35-17-7-9-19-39(35)45-43-38-18-8-10-20-40(38)44-41(25-27)42(37)43/h1-25H. The maximum absolute atomic E-state index is 6.63. The van der Waals surface area contributed by atoms with Gasteiger partial charge in [-0.2, -0.15) is 0 Å². The molecule has 2 heterocycles. The van der Waals surface area contributed by atoms with Crippen LogP contribution in [0.1, 0.15) is 0 Å². The lowest BCUT2D eigenvalue weighted by Gasteiger charge is -2.33. The number of ether oxygens (including phenoxy) is 1. The summed E-state index contributed by atoms with van der Waals surface area (Å²) in [5, 5.41) is 0. The summed E-state index contributed by atoms with van der Waals surface area (Å²) in [5.41, 5.74) is 16.6. The third-order valence-corrected chi connectivity index (χ3v) is 9.54. The van der Waals surface area contributed by atoms with Crippen molar-refractivity contribution in [3.05, 3.63) is 152 Å². The third kappa shape index (κ3) is 3.58. The fourth-order valence-corrected chi connectivity index (χ4v) is 7.52. The van der Waals surface area contributed by atoms with E-state index in [1.54, 1.807) is 0 Å². The van der Waals surface area contributed by atoms with Crippen LogP contribution in [0.4, 0.5) is 0 Å². The Morgan fingerprint density at radius 2 is 0.822 bits per heavy atom. The quantitative estimate of drug-likeness (QED) is 0.182. The highest BCUT2D eigenvalue weighted by molar-refractivity contribution is 6.84. The van der Waals surface area contributed by atoms with Crippen molar-refractivity contribution >= 4 is 17.8 Å². The molecule has 0 bridgehead atoms. The SMILES string of the molecule is c1ccc2c(c1)Oc1cc(-c3ccc4c(c3)-c3ccccc3-c3ccccc3-c3ccccc3-4)cc3c1B2Oc1ccccc1-3. The number of benzene rings is 7. The first kappa shape index (κ1) is 24.6. The molecule has 2 nitrogen and oxygen atoms in total. The van der Waals surface area contributed by atoms with Crippen molar-refractivity contribution in [1.82, 2.24) is 0 Å². The van der Waals surface area contributed by atoms with Gasteiger partial charge in [0.05, 0.1) is 0 Å². The van der Waals surface area contributed by atoms with E-state index in [0.29, 0.717) is 0 Å². The zero-order chi connectivity index (χ0) is 29.5. The van der Waals surface area contributed by atoms with Crippen LogP contribution in [0.3, 0.4) is 0 Å². The Morgan fingerprint density at radius 3 is 1.47 bits per heavy atom. The van der Waals surface area contributed by atoms with Crippen molar-refractivity contribution in [3.63, 3.8) is 0 Å². The predicted molar refractivity (Wildman–Crippen MR) is 185 cm³/mol. The second-order valence-electron chi connectivity index (χ2n) is 12.0. The second kappa shape index (κ2) is 9.35. The molecule has 0 fully saturated rings. The van der Waals surface area contributed by atoms with Crippen LogP contribution in [-0.2, 0) is 0 Å². The van der Waals surface area contributed by atoms with E-state index in [0.717, 1.165) is 50.4 Å². The first-order valence-corrected chi connectivity index (χ1v) is 15.5. The Bertz CT molecular complexity index is 2350. The summed E-state index contributed by atoms with van der Waals surface area (Å²) in [5.74, 6) is 2.60. The molecule has 0 saturated carbocycles. The zero-order valence-electron chi connectivity index (χ0n) is 24.3. The summed E-state index contributed by atoms with van der Waals surface area (Å²) in [4.78, 5) is 0. The van der Waals surface area contributed by atoms with Gasteiger partial charge in [0.15, 0.2) is 0 Å². The average molecular weight is 572 g/mol. The van der Waals surface area contributed by atoms with E-state index in [1.165, 1.54) is 44.5 Å². The van der Waals surface area contributed by atoms with Gasteiger partial charge in [0.2, 0.25) is 0 Å². The van der Waals surface area contributed by atoms with Crippen molar-refractivity contribution in [2.45, 2.75) is 0 Å². The van der Waals surface area contributed by atoms with Crippen LogP contribution in [0.15, 0.2) is 152 Å². The molecule has 0 spiro atoms. The fraction of sp³-hybridized carbons (Fsp3) is 0. The lowest BCUT2D eigenvalue weighted by molar-refractivity contribution is 0.479. The van der Waals surface area contributed by atoms with Crippen LogP contribution in [0, 0.1) is 0 Å². The normalized spacial score (nSPS) is 12.8. The molecule has 3 heteroatoms. The van der Waals surface area contributed by atoms with Crippen molar-refractivity contribution in [2.24, 2.45) is 0 Å². The van der Waals surface area contributed by atoms with Crippen LogP contribution < -0.4 is 20.3 Å². The highest BCUT2D eigenvalue weighted by Crippen LogP contribution is 2.49. The number of para-hydroxylation sites is 2. The maximum atomic E-state index is 6.63. The van der Waals surface area contributed by atoms with Gasteiger partial charge in [-0.05, 0) is 91.5 Å². The number of fused-ring (bicyclic) bond motifs is 12. The number of hydrogen-bond donors (Lipinski definition) is 0. The third-order valence-electron chi connectivity index (χ3n) is 9.54. The van der Waals surface area contributed by atoms with Gasteiger partial charge in [-0.3, -0.25) is 0 Å². The molecular weight excluding hydrogens is 547 g/mol. The van der Waals surface area contributed by atoms with Gasteiger partial charge in [-0.25, -0.2) is 0 Å². The summed E-state index contributed by atoms with van der Waals surface area (Å²) in [7, 11) is 0. The van der Waals surface area contributed by atoms with Gasteiger partial charge in [0.25, 0.3) is 0 Å². The molecule has 208 valence electrons. The maximum Gasteiger partial charge on any atom is 0.434 e. The van der Waals surface area contributed by atoms with E-state index >= 15 is 0 Å². The molecule has 7 aromatic rings. The van der Waals surface area contributed by atoms with Crippen LogP contribution in [0.25, 0.3) is 66.8 Å². The first-order valence-electron chi connectivity index (χ1n) is 15.5. The molecule has 0 amide bonds. The van der Waals surface area contributed by atoms with Crippen molar-refractivity contribution in [2.75, 3.05) is 0 Å². The molecule has 45 heavy (non-hydrogen) atoms. The predicted octanol–water partition coefficient (Wildman–Crippen LogP) is 9.61. The zero-order valence-corrected chi connectivity index (χ0v) is 24.3. The van der Waals surface area contributed by atoms with Crippen molar-refractivity contribution in [3.8, 4) is 84.0 Å². The summed E-state index contributed by atoms with van der Waals surface area (Å²) in [6.45, 7) is -0.205. The Balaban J connectivity index is 1.23. The molecule has 2 aliphatic heterocycles. The van der Waals surface area contributed by atoms with Crippen LogP contribution in [0.2, 0.25) is 0 Å². The van der Waals surface area contributed by atoms with Gasteiger partial charge in [-0.15, -0.1) is 0 Å². The topological polar surface area (TPSA) is 18.5 Å². The van der Waals surface area contributed by atoms with Crippen molar-refractivity contribution < 1.29 is 9.39 Å². The van der Waals surface area contributed by atoms with E-state index < -0.39 is 0 Å². The van der Waals surface area contributed by atoms with E-state index in [1.807, 2.05) is 18.2 Å². The van der Waals surface area contributed by atoms with E-state index in [-0.39, 0.29) is 6.92 Å². The van der Waals surface area contributed by atoms with Gasteiger partial charge in [0.1, 0.15) is 17.2 Å². The highest BCUT2D eigenvalue weighted by atomic mass is 16.5. The van der Waals surface area contributed by atoms with Gasteiger partial charge < -0.3 is 9.39 Å². The number of hydrogen-bond acceptors (Lipinski definition) is 2. The second-order valence-corrected chi connectivity index (χ2v) is 12.0. The van der Waals surface area contributed by atoms with Crippen molar-refractivity contribution in [1.29, 1.82) is 0 Å². The number of rotatable bonds is 1. The highest BCUT2D eigenvalue weighted by Gasteiger charge is 2.40. The molecular formula is C42H25BO2. The smallest absolute Gasteiger partial charge is 0.434 e. The minimum atomic E-state index is -0.205. The molecule has 7 aromatic carbocycles. The molecule has 0 aromatic heterocycles. The molecule has 0 N–H and O–H groups in total. The van der Waals surface area contributed by atoms with Crippen LogP contribution >= 0.6 is 0 Å². The lowest BCUT2D eigenvalue weighted by atomic mass is 9.50. The first-order chi connectivity index (χ1) is 22.3. The molecule has 0 radical (unpaired) electrons. The largest absolute Gasteiger partial charge is 0.551 e. The van der Waals surface area contributed by atoms with E-state index in [9.17, 15) is 0 Å². The minimum Gasteiger partial charge on any atom is -0.551 e. The van der Waals surface area contributed by atoms with E-state index in [2.05, 4.69) is 133 Å². The Morgan fingerprint density at radius 1 is 0.333 bits per heavy atom. The Kier molecular flexibility index (Phi) is 5.12. The summed E-state index contributed by atoms with van der Waals surface area (Å²) in [6.07, 6.45) is 0. The molecule has 0 saturated heterocycles. The average Bonchev–Trinajstić information content (AvgIpc) is 3.11. The monoisotopic (exact) mass is 572 g/mol. The lowest BCUT2D eigenvalue weighted by Crippen LogP contribution is -2.53.